The minimum absolute atomic E-state index is 0.183. The van der Waals surface area contributed by atoms with Crippen molar-refractivity contribution in [3.8, 4) is 16.9 Å². The highest BCUT2D eigenvalue weighted by Gasteiger charge is 2.04. The molecule has 1 aromatic carbocycles. The first-order chi connectivity index (χ1) is 9.19. The van der Waals surface area contributed by atoms with Gasteiger partial charge in [-0.25, -0.2) is 0 Å². The molecule has 4 heteroatoms. The number of hydrogen-bond donors (Lipinski definition) is 1. The van der Waals surface area contributed by atoms with Crippen LogP contribution in [0.5, 0.6) is 5.75 Å². The van der Waals surface area contributed by atoms with Crippen LogP contribution >= 0.6 is 0 Å². The Morgan fingerprint density at radius 1 is 1.32 bits per heavy atom. The van der Waals surface area contributed by atoms with Crippen LogP contribution in [-0.2, 0) is 6.54 Å². The molecule has 0 saturated heterocycles. The average molecular weight is 259 g/mol. The number of nitrogens with two attached hydrogens (primary N) is 1. The Labute approximate surface area is 114 Å². The average Bonchev–Trinajstić information content (AvgIpc) is 2.84. The lowest BCUT2D eigenvalue weighted by atomic mass is 10.1. The molecule has 4 nitrogen and oxygen atoms in total. The zero-order valence-electron chi connectivity index (χ0n) is 11.5. The van der Waals surface area contributed by atoms with Crippen LogP contribution in [0.15, 0.2) is 36.7 Å². The van der Waals surface area contributed by atoms with Crippen molar-refractivity contribution in [2.75, 3.05) is 6.54 Å². The van der Waals surface area contributed by atoms with E-state index < -0.39 is 0 Å². The quantitative estimate of drug-likeness (QED) is 0.867. The minimum atomic E-state index is 0.183. The summed E-state index contributed by atoms with van der Waals surface area (Å²) in [7, 11) is 0. The molecule has 0 aliphatic heterocycles. The predicted octanol–water partition coefficient (Wildman–Crippen LogP) is 2.69. The molecule has 102 valence electrons. The molecule has 0 aliphatic carbocycles. The first kappa shape index (κ1) is 13.6. The Morgan fingerprint density at radius 2 is 2.16 bits per heavy atom. The number of rotatable bonds is 6. The first-order valence-corrected chi connectivity index (χ1v) is 6.68. The smallest absolute Gasteiger partial charge is 0.120 e. The number of benzene rings is 1. The number of aromatic nitrogens is 2. The highest BCUT2D eigenvalue weighted by Crippen LogP contribution is 2.24. The van der Waals surface area contributed by atoms with Gasteiger partial charge in [0.25, 0.3) is 0 Å². The summed E-state index contributed by atoms with van der Waals surface area (Å²) >= 11 is 0. The molecule has 0 bridgehead atoms. The van der Waals surface area contributed by atoms with Gasteiger partial charge in [-0.05, 0) is 44.5 Å². The fourth-order valence-corrected chi connectivity index (χ4v) is 1.91. The topological polar surface area (TPSA) is 53.1 Å². The maximum Gasteiger partial charge on any atom is 0.120 e. The second-order valence-corrected chi connectivity index (χ2v) is 4.83. The Bertz CT molecular complexity index is 520. The van der Waals surface area contributed by atoms with Crippen molar-refractivity contribution in [1.82, 2.24) is 9.78 Å². The lowest BCUT2D eigenvalue weighted by Crippen LogP contribution is -2.05. The zero-order chi connectivity index (χ0) is 13.7. The molecule has 0 amide bonds. The van der Waals surface area contributed by atoms with Gasteiger partial charge in [-0.1, -0.05) is 12.1 Å². The van der Waals surface area contributed by atoms with Crippen LogP contribution in [0.4, 0.5) is 0 Å². The summed E-state index contributed by atoms with van der Waals surface area (Å²) in [6.45, 7) is 5.60. The van der Waals surface area contributed by atoms with E-state index >= 15 is 0 Å². The van der Waals surface area contributed by atoms with Crippen LogP contribution in [0.2, 0.25) is 0 Å². The zero-order valence-corrected chi connectivity index (χ0v) is 11.5. The number of hydrogen-bond acceptors (Lipinski definition) is 3. The van der Waals surface area contributed by atoms with E-state index in [9.17, 15) is 0 Å². The first-order valence-electron chi connectivity index (χ1n) is 6.68. The maximum absolute atomic E-state index is 5.70. The van der Waals surface area contributed by atoms with Gasteiger partial charge >= 0.3 is 0 Å². The molecule has 0 radical (unpaired) electrons. The van der Waals surface area contributed by atoms with Gasteiger partial charge in [-0.3, -0.25) is 4.68 Å². The van der Waals surface area contributed by atoms with Crippen molar-refractivity contribution < 1.29 is 4.74 Å². The summed E-state index contributed by atoms with van der Waals surface area (Å²) < 4.78 is 7.63. The molecule has 2 rings (SSSR count). The summed E-state index contributed by atoms with van der Waals surface area (Å²) in [6.07, 6.45) is 5.05. The monoisotopic (exact) mass is 259 g/mol. The van der Waals surface area contributed by atoms with Crippen molar-refractivity contribution in [3.63, 3.8) is 0 Å². The molecule has 2 N–H and O–H groups in total. The standard InChI is InChI=1S/C15H21N3O/c1-12(2)19-15-6-3-5-13(9-15)14-10-17-18(11-14)8-4-7-16/h3,5-6,9-12H,4,7-8,16H2,1-2H3. The largest absolute Gasteiger partial charge is 0.491 e. The van der Waals surface area contributed by atoms with Crippen molar-refractivity contribution in [3.05, 3.63) is 36.7 Å². The minimum Gasteiger partial charge on any atom is -0.491 e. The van der Waals surface area contributed by atoms with Gasteiger partial charge in [-0.15, -0.1) is 0 Å². The van der Waals surface area contributed by atoms with Gasteiger partial charge in [0, 0.05) is 18.3 Å². The van der Waals surface area contributed by atoms with Crippen molar-refractivity contribution >= 4 is 0 Å². The molecule has 0 atom stereocenters. The van der Waals surface area contributed by atoms with Gasteiger partial charge in [0.2, 0.25) is 0 Å². The van der Waals surface area contributed by atoms with Gasteiger partial charge in [0.1, 0.15) is 5.75 Å². The van der Waals surface area contributed by atoms with Crippen LogP contribution in [-0.4, -0.2) is 22.4 Å². The fraction of sp³-hybridized carbons (Fsp3) is 0.400. The highest BCUT2D eigenvalue weighted by atomic mass is 16.5. The van der Waals surface area contributed by atoms with Crippen LogP contribution in [0.1, 0.15) is 20.3 Å². The summed E-state index contributed by atoms with van der Waals surface area (Å²) in [5.74, 6) is 0.891. The van der Waals surface area contributed by atoms with E-state index in [0.29, 0.717) is 6.54 Å². The van der Waals surface area contributed by atoms with E-state index in [-0.39, 0.29) is 6.10 Å². The van der Waals surface area contributed by atoms with E-state index in [1.165, 1.54) is 0 Å². The number of aryl methyl sites for hydroxylation is 1. The van der Waals surface area contributed by atoms with E-state index in [1.54, 1.807) is 0 Å². The molecular weight excluding hydrogens is 238 g/mol. The Morgan fingerprint density at radius 3 is 2.89 bits per heavy atom. The Kier molecular flexibility index (Phi) is 4.58. The van der Waals surface area contributed by atoms with Crippen molar-refractivity contribution in [1.29, 1.82) is 0 Å². The maximum atomic E-state index is 5.70. The normalized spacial score (nSPS) is 10.9. The molecule has 0 saturated carbocycles. The third kappa shape index (κ3) is 3.83. The van der Waals surface area contributed by atoms with Crippen LogP contribution in [0.25, 0.3) is 11.1 Å². The molecular formula is C15H21N3O. The fourth-order valence-electron chi connectivity index (χ4n) is 1.91. The van der Waals surface area contributed by atoms with E-state index in [0.717, 1.165) is 29.8 Å². The predicted molar refractivity (Wildman–Crippen MR) is 77.1 cm³/mol. The summed E-state index contributed by atoms with van der Waals surface area (Å²) in [4.78, 5) is 0. The lowest BCUT2D eigenvalue weighted by Gasteiger charge is -2.10. The second kappa shape index (κ2) is 6.38. The molecule has 0 aliphatic rings. The molecule has 1 heterocycles. The van der Waals surface area contributed by atoms with E-state index in [1.807, 2.05) is 49.1 Å². The second-order valence-electron chi connectivity index (χ2n) is 4.83. The molecule has 0 unspecified atom stereocenters. The van der Waals surface area contributed by atoms with E-state index in [4.69, 9.17) is 10.5 Å². The molecule has 0 spiro atoms. The van der Waals surface area contributed by atoms with Crippen LogP contribution in [0, 0.1) is 0 Å². The third-order valence-corrected chi connectivity index (χ3v) is 2.76. The van der Waals surface area contributed by atoms with Gasteiger partial charge in [0.15, 0.2) is 0 Å². The summed E-state index contributed by atoms with van der Waals surface area (Å²) in [6, 6.07) is 8.09. The van der Waals surface area contributed by atoms with Crippen molar-refractivity contribution in [2.45, 2.75) is 32.9 Å². The number of ether oxygens (including phenoxy) is 1. The Hall–Kier alpha value is -1.81. The van der Waals surface area contributed by atoms with Crippen molar-refractivity contribution in [2.24, 2.45) is 5.73 Å². The molecule has 0 fully saturated rings. The summed E-state index contributed by atoms with van der Waals surface area (Å²) in [5, 5.41) is 4.34. The molecule has 2 aromatic rings. The molecule has 19 heavy (non-hydrogen) atoms. The number of nitrogens with zero attached hydrogens (tertiary/aromatic N) is 2. The molecule has 1 aromatic heterocycles. The SMILES string of the molecule is CC(C)Oc1cccc(-c2cnn(CCCN)c2)c1. The van der Waals surface area contributed by atoms with E-state index in [2.05, 4.69) is 11.2 Å². The lowest BCUT2D eigenvalue weighted by molar-refractivity contribution is 0.242. The van der Waals surface area contributed by atoms with Crippen LogP contribution < -0.4 is 10.5 Å². The third-order valence-electron chi connectivity index (χ3n) is 2.76. The van der Waals surface area contributed by atoms with Gasteiger partial charge in [-0.2, -0.15) is 5.10 Å². The Balaban J connectivity index is 2.14. The highest BCUT2D eigenvalue weighted by molar-refractivity contribution is 5.63. The van der Waals surface area contributed by atoms with Crippen LogP contribution in [0.3, 0.4) is 0 Å². The summed E-state index contributed by atoms with van der Waals surface area (Å²) in [5.41, 5.74) is 7.73. The van der Waals surface area contributed by atoms with Gasteiger partial charge in [0.05, 0.1) is 12.3 Å². The van der Waals surface area contributed by atoms with Gasteiger partial charge < -0.3 is 10.5 Å².